The molecule has 0 aromatic carbocycles. The van der Waals surface area contributed by atoms with Gasteiger partial charge in [0.25, 0.3) is 0 Å². The molecule has 0 aromatic heterocycles. The smallest absolute Gasteiger partial charge is 0.308 e. The Balaban J connectivity index is 2.37. The summed E-state index contributed by atoms with van der Waals surface area (Å²) in [6.45, 7) is 2.72. The van der Waals surface area contributed by atoms with Crippen LogP contribution in [0.25, 0.3) is 0 Å². The molecule has 1 rings (SSSR count). The number of ether oxygens (including phenoxy) is 2. The lowest BCUT2D eigenvalue weighted by molar-refractivity contribution is -0.148. The summed E-state index contributed by atoms with van der Waals surface area (Å²) in [4.78, 5) is 11.2. The molecule has 0 spiro atoms. The Labute approximate surface area is 79.4 Å². The molecule has 0 bridgehead atoms. The Hall–Kier alpha value is -0.570. The minimum Gasteiger partial charge on any atom is -0.469 e. The molecule has 3 nitrogen and oxygen atoms in total. The largest absolute Gasteiger partial charge is 0.469 e. The van der Waals surface area contributed by atoms with Crippen LogP contribution < -0.4 is 0 Å². The minimum absolute atomic E-state index is 0.0651. The lowest BCUT2D eigenvalue weighted by Gasteiger charge is -2.27. The van der Waals surface area contributed by atoms with Crippen molar-refractivity contribution < 1.29 is 14.3 Å². The molecule has 2 unspecified atom stereocenters. The first-order chi connectivity index (χ1) is 6.27. The number of methoxy groups -OCH3 is 1. The number of hydrogen-bond donors (Lipinski definition) is 0. The summed E-state index contributed by atoms with van der Waals surface area (Å²) < 4.78 is 10.2. The van der Waals surface area contributed by atoms with Crippen LogP contribution in [0.3, 0.4) is 0 Å². The summed E-state index contributed by atoms with van der Waals surface area (Å²) in [6, 6.07) is 0. The van der Waals surface area contributed by atoms with E-state index >= 15 is 0 Å². The zero-order chi connectivity index (χ0) is 9.68. The molecule has 0 saturated heterocycles. The predicted octanol–water partition coefficient (Wildman–Crippen LogP) is 1.75. The van der Waals surface area contributed by atoms with Gasteiger partial charge in [-0.2, -0.15) is 0 Å². The van der Waals surface area contributed by atoms with Gasteiger partial charge in [-0.25, -0.2) is 0 Å². The summed E-state index contributed by atoms with van der Waals surface area (Å²) in [5.41, 5.74) is 0. The van der Waals surface area contributed by atoms with Gasteiger partial charge in [0.15, 0.2) is 0 Å². The molecule has 0 aliphatic heterocycles. The molecular formula is C10H18O3. The third-order valence-corrected chi connectivity index (χ3v) is 2.56. The number of hydrogen-bond acceptors (Lipinski definition) is 3. The van der Waals surface area contributed by atoms with Crippen LogP contribution >= 0.6 is 0 Å². The second kappa shape index (κ2) is 5.22. The number of carbonyl (C=O) groups is 1. The average Bonchev–Trinajstić information content (AvgIpc) is 2.18. The van der Waals surface area contributed by atoms with Gasteiger partial charge in [-0.3, -0.25) is 4.79 Å². The van der Waals surface area contributed by atoms with E-state index in [4.69, 9.17) is 9.47 Å². The fourth-order valence-electron chi connectivity index (χ4n) is 1.91. The second-order valence-electron chi connectivity index (χ2n) is 3.46. The molecule has 13 heavy (non-hydrogen) atoms. The molecule has 0 N–H and O–H groups in total. The van der Waals surface area contributed by atoms with Gasteiger partial charge in [-0.15, -0.1) is 0 Å². The maximum atomic E-state index is 11.2. The van der Waals surface area contributed by atoms with E-state index in [-0.39, 0.29) is 18.0 Å². The van der Waals surface area contributed by atoms with Crippen molar-refractivity contribution in [1.29, 1.82) is 0 Å². The van der Waals surface area contributed by atoms with E-state index in [9.17, 15) is 4.79 Å². The van der Waals surface area contributed by atoms with Gasteiger partial charge < -0.3 is 9.47 Å². The van der Waals surface area contributed by atoms with Crippen LogP contribution in [0.15, 0.2) is 0 Å². The molecule has 1 saturated carbocycles. The van der Waals surface area contributed by atoms with Gasteiger partial charge in [0, 0.05) is 6.61 Å². The van der Waals surface area contributed by atoms with E-state index in [0.717, 1.165) is 32.3 Å². The highest BCUT2D eigenvalue weighted by Gasteiger charge is 2.27. The Morgan fingerprint density at radius 1 is 1.46 bits per heavy atom. The second-order valence-corrected chi connectivity index (χ2v) is 3.46. The molecule has 0 aromatic rings. The van der Waals surface area contributed by atoms with Crippen molar-refractivity contribution >= 4 is 5.97 Å². The Morgan fingerprint density at radius 3 is 2.85 bits per heavy atom. The summed E-state index contributed by atoms with van der Waals surface area (Å²) in [7, 11) is 1.45. The third-order valence-electron chi connectivity index (χ3n) is 2.56. The lowest BCUT2D eigenvalue weighted by atomic mass is 9.87. The van der Waals surface area contributed by atoms with Crippen molar-refractivity contribution in [3.8, 4) is 0 Å². The zero-order valence-corrected chi connectivity index (χ0v) is 8.41. The first kappa shape index (κ1) is 10.5. The highest BCUT2D eigenvalue weighted by atomic mass is 16.5. The molecule has 2 atom stereocenters. The number of carbonyl (C=O) groups excluding carboxylic acids is 1. The minimum atomic E-state index is -0.0793. The number of rotatable bonds is 3. The predicted molar refractivity (Wildman–Crippen MR) is 49.4 cm³/mol. The van der Waals surface area contributed by atoms with E-state index < -0.39 is 0 Å². The van der Waals surface area contributed by atoms with Crippen molar-refractivity contribution in [3.05, 3.63) is 0 Å². The van der Waals surface area contributed by atoms with Crippen molar-refractivity contribution in [2.24, 2.45) is 5.92 Å². The molecule has 3 heteroatoms. The van der Waals surface area contributed by atoms with E-state index in [2.05, 4.69) is 0 Å². The van der Waals surface area contributed by atoms with Gasteiger partial charge >= 0.3 is 5.97 Å². The Morgan fingerprint density at radius 2 is 2.23 bits per heavy atom. The van der Waals surface area contributed by atoms with Gasteiger partial charge in [-0.1, -0.05) is 6.42 Å². The fourth-order valence-corrected chi connectivity index (χ4v) is 1.91. The molecule has 0 amide bonds. The Kier molecular flexibility index (Phi) is 4.22. The van der Waals surface area contributed by atoms with E-state index in [1.807, 2.05) is 6.92 Å². The van der Waals surface area contributed by atoms with Crippen LogP contribution in [0.2, 0.25) is 0 Å². The molecule has 1 fully saturated rings. The van der Waals surface area contributed by atoms with E-state index in [1.165, 1.54) is 7.11 Å². The molecule has 1 aliphatic carbocycles. The quantitative estimate of drug-likeness (QED) is 0.630. The molecule has 0 radical (unpaired) electrons. The zero-order valence-electron chi connectivity index (χ0n) is 8.41. The van der Waals surface area contributed by atoms with Crippen molar-refractivity contribution in [2.45, 2.75) is 38.7 Å². The first-order valence-electron chi connectivity index (χ1n) is 4.97. The van der Waals surface area contributed by atoms with Crippen LogP contribution in [-0.2, 0) is 14.3 Å². The van der Waals surface area contributed by atoms with Crippen molar-refractivity contribution in [3.63, 3.8) is 0 Å². The molecular weight excluding hydrogens is 168 g/mol. The summed E-state index contributed by atoms with van der Waals surface area (Å²) in [5, 5.41) is 0. The highest BCUT2D eigenvalue weighted by molar-refractivity contribution is 5.72. The van der Waals surface area contributed by atoms with Crippen LogP contribution in [-0.4, -0.2) is 25.8 Å². The van der Waals surface area contributed by atoms with Crippen molar-refractivity contribution in [1.82, 2.24) is 0 Å². The standard InChI is InChI=1S/C10H18O3/c1-3-13-9-6-4-5-8(7-9)10(11)12-2/h8-9H,3-7H2,1-2H3. The maximum Gasteiger partial charge on any atom is 0.308 e. The summed E-state index contributed by atoms with van der Waals surface area (Å²) in [5.74, 6) is -0.0142. The van der Waals surface area contributed by atoms with Gasteiger partial charge in [0.05, 0.1) is 19.1 Å². The van der Waals surface area contributed by atoms with Crippen LogP contribution in [0, 0.1) is 5.92 Å². The van der Waals surface area contributed by atoms with E-state index in [1.54, 1.807) is 0 Å². The SMILES string of the molecule is CCOC1CCCC(C(=O)OC)C1. The van der Waals surface area contributed by atoms with Gasteiger partial charge in [-0.05, 0) is 26.2 Å². The van der Waals surface area contributed by atoms with Gasteiger partial charge in [0.1, 0.15) is 0 Å². The van der Waals surface area contributed by atoms with Crippen LogP contribution in [0.5, 0.6) is 0 Å². The number of esters is 1. The average molecular weight is 186 g/mol. The normalized spacial score (nSPS) is 28.5. The van der Waals surface area contributed by atoms with Crippen LogP contribution in [0.4, 0.5) is 0 Å². The van der Waals surface area contributed by atoms with Gasteiger partial charge in [0.2, 0.25) is 0 Å². The highest BCUT2D eigenvalue weighted by Crippen LogP contribution is 2.26. The Bertz CT molecular complexity index is 166. The summed E-state index contributed by atoms with van der Waals surface area (Å²) in [6.07, 6.45) is 4.21. The lowest BCUT2D eigenvalue weighted by Crippen LogP contribution is -2.28. The molecule has 1 aliphatic rings. The monoisotopic (exact) mass is 186 g/mol. The molecule has 0 heterocycles. The fraction of sp³-hybridized carbons (Fsp3) is 0.900. The third kappa shape index (κ3) is 2.99. The topological polar surface area (TPSA) is 35.5 Å². The van der Waals surface area contributed by atoms with Crippen molar-refractivity contribution in [2.75, 3.05) is 13.7 Å². The summed E-state index contributed by atoms with van der Waals surface area (Å²) >= 11 is 0. The maximum absolute atomic E-state index is 11.2. The first-order valence-corrected chi connectivity index (χ1v) is 4.97. The van der Waals surface area contributed by atoms with E-state index in [0.29, 0.717) is 0 Å². The van der Waals surface area contributed by atoms with Crippen LogP contribution in [0.1, 0.15) is 32.6 Å². The molecule has 76 valence electrons.